The van der Waals surface area contributed by atoms with Gasteiger partial charge in [-0.1, -0.05) is 140 Å². The molecule has 9 aromatic carbocycles. The number of hydrogen-bond donors (Lipinski definition) is 0. The number of aromatic nitrogens is 4. The van der Waals surface area contributed by atoms with Gasteiger partial charge < -0.3 is 0 Å². The van der Waals surface area contributed by atoms with Gasteiger partial charge in [0.05, 0.1) is 0 Å². The van der Waals surface area contributed by atoms with Crippen LogP contribution >= 0.6 is 0 Å². The van der Waals surface area contributed by atoms with Crippen molar-refractivity contribution in [2.45, 2.75) is 0 Å². The van der Waals surface area contributed by atoms with E-state index in [9.17, 15) is 0 Å². The minimum absolute atomic E-state index is 0.528. The van der Waals surface area contributed by atoms with Gasteiger partial charge in [-0.15, -0.1) is 0 Å². The van der Waals surface area contributed by atoms with Gasteiger partial charge in [0.15, 0.2) is 17.5 Å². The monoisotopic (exact) mass is 712 g/mol. The maximum Gasteiger partial charge on any atom is 0.182 e. The second kappa shape index (κ2) is 13.1. The smallest absolute Gasteiger partial charge is 0.182 e. The maximum atomic E-state index is 5.20. The first-order valence-corrected chi connectivity index (χ1v) is 18.9. The summed E-state index contributed by atoms with van der Waals surface area (Å²) in [6.45, 7) is 0. The lowest BCUT2D eigenvalue weighted by Gasteiger charge is -2.15. The van der Waals surface area contributed by atoms with Crippen molar-refractivity contribution >= 4 is 53.9 Å². The SMILES string of the molecule is c1ccc(-c2nc(-c3cc(-c4cccc5cc6ccccc6cc45)cc(-c4cccc5cc6ccccc6cc45)c3)nc(-c3cc4ccccc4cn3)n2)cc1. The normalized spacial score (nSPS) is 11.6. The summed E-state index contributed by atoms with van der Waals surface area (Å²) in [5.41, 5.74) is 6.98. The molecule has 0 saturated carbocycles. The molecule has 260 valence electrons. The molecule has 4 heteroatoms. The van der Waals surface area contributed by atoms with E-state index in [4.69, 9.17) is 19.9 Å². The van der Waals surface area contributed by atoms with Crippen LogP contribution in [0.2, 0.25) is 0 Å². The Bertz CT molecular complexity index is 3180. The molecular formula is C52H32N4. The van der Waals surface area contributed by atoms with Gasteiger partial charge in [0.2, 0.25) is 0 Å². The van der Waals surface area contributed by atoms with Gasteiger partial charge in [-0.25, -0.2) is 15.0 Å². The molecule has 2 heterocycles. The Morgan fingerprint density at radius 1 is 0.268 bits per heavy atom. The van der Waals surface area contributed by atoms with Crippen molar-refractivity contribution in [1.29, 1.82) is 0 Å². The lowest BCUT2D eigenvalue weighted by Crippen LogP contribution is -2.01. The minimum Gasteiger partial charge on any atom is -0.252 e. The van der Waals surface area contributed by atoms with Gasteiger partial charge in [-0.2, -0.15) is 0 Å². The first-order valence-electron chi connectivity index (χ1n) is 18.9. The lowest BCUT2D eigenvalue weighted by molar-refractivity contribution is 1.06. The molecule has 0 aliphatic rings. The van der Waals surface area contributed by atoms with Gasteiger partial charge in [-0.3, -0.25) is 4.98 Å². The number of fused-ring (bicyclic) bond motifs is 5. The highest BCUT2D eigenvalue weighted by Crippen LogP contribution is 2.40. The fraction of sp³-hybridized carbons (Fsp3) is 0. The molecule has 0 N–H and O–H groups in total. The molecule has 0 unspecified atom stereocenters. The van der Waals surface area contributed by atoms with E-state index in [1.165, 1.54) is 43.1 Å². The van der Waals surface area contributed by atoms with Crippen molar-refractivity contribution in [3.05, 3.63) is 194 Å². The van der Waals surface area contributed by atoms with Crippen molar-refractivity contribution in [1.82, 2.24) is 19.9 Å². The summed E-state index contributed by atoms with van der Waals surface area (Å²) in [6, 6.07) is 66.7. The van der Waals surface area contributed by atoms with Gasteiger partial charge in [-0.05, 0) is 119 Å². The molecule has 0 aliphatic carbocycles. The third-order valence-corrected chi connectivity index (χ3v) is 10.8. The van der Waals surface area contributed by atoms with E-state index < -0.39 is 0 Å². The molecule has 2 aromatic heterocycles. The highest BCUT2D eigenvalue weighted by atomic mass is 15.0. The molecule has 11 aromatic rings. The molecule has 0 amide bonds. The Kier molecular flexibility index (Phi) is 7.46. The molecule has 0 radical (unpaired) electrons. The topological polar surface area (TPSA) is 51.6 Å². The maximum absolute atomic E-state index is 5.20. The fourth-order valence-corrected chi connectivity index (χ4v) is 8.05. The molecule has 0 spiro atoms. The van der Waals surface area contributed by atoms with E-state index in [0.29, 0.717) is 23.2 Å². The quantitative estimate of drug-likeness (QED) is 0.167. The van der Waals surface area contributed by atoms with Gasteiger partial charge in [0.1, 0.15) is 5.69 Å². The highest BCUT2D eigenvalue weighted by molar-refractivity contribution is 6.08. The summed E-state index contributed by atoms with van der Waals surface area (Å²) >= 11 is 0. The van der Waals surface area contributed by atoms with Crippen LogP contribution in [-0.2, 0) is 0 Å². The van der Waals surface area contributed by atoms with Crippen molar-refractivity contribution in [3.63, 3.8) is 0 Å². The zero-order valence-electron chi connectivity index (χ0n) is 30.3. The zero-order chi connectivity index (χ0) is 37.0. The first kappa shape index (κ1) is 31.9. The minimum atomic E-state index is 0.528. The summed E-state index contributed by atoms with van der Waals surface area (Å²) in [5, 5.41) is 11.8. The van der Waals surface area contributed by atoms with E-state index in [-0.39, 0.29) is 0 Å². The molecule has 0 bridgehead atoms. The number of hydrogen-bond acceptors (Lipinski definition) is 4. The Morgan fingerprint density at radius 3 is 1.27 bits per heavy atom. The second-order valence-electron chi connectivity index (χ2n) is 14.3. The molecule has 4 nitrogen and oxygen atoms in total. The Balaban J connectivity index is 1.19. The highest BCUT2D eigenvalue weighted by Gasteiger charge is 2.18. The summed E-state index contributed by atoms with van der Waals surface area (Å²) < 4.78 is 0. The average Bonchev–Trinajstić information content (AvgIpc) is 3.27. The van der Waals surface area contributed by atoms with E-state index in [1.54, 1.807) is 0 Å². The fourth-order valence-electron chi connectivity index (χ4n) is 8.05. The standard InChI is InChI=1S/C52H32N4/c1-2-12-33(13-3-1)50-54-51(56-52(55-50)49-31-38-18-8-9-19-41(38)32-53-49)44-27-42(45-22-10-20-39-24-34-14-4-6-16-36(34)29-47(39)45)26-43(28-44)46-23-11-21-40-25-35-15-5-7-17-37(35)30-48(40)46/h1-32H. The number of benzene rings is 9. The summed E-state index contributed by atoms with van der Waals surface area (Å²) in [4.78, 5) is 20.2. The van der Waals surface area contributed by atoms with Crippen LogP contribution < -0.4 is 0 Å². The van der Waals surface area contributed by atoms with E-state index in [0.717, 1.165) is 44.2 Å². The van der Waals surface area contributed by atoms with Crippen LogP contribution in [0.25, 0.3) is 110 Å². The summed E-state index contributed by atoms with van der Waals surface area (Å²) in [5.74, 6) is 1.71. The molecule has 0 saturated heterocycles. The van der Waals surface area contributed by atoms with Crippen molar-refractivity contribution in [3.8, 4) is 56.5 Å². The van der Waals surface area contributed by atoms with Crippen LogP contribution in [0.4, 0.5) is 0 Å². The van der Waals surface area contributed by atoms with Crippen molar-refractivity contribution < 1.29 is 0 Å². The van der Waals surface area contributed by atoms with Crippen LogP contribution in [0.5, 0.6) is 0 Å². The molecule has 0 fully saturated rings. The molecule has 0 atom stereocenters. The van der Waals surface area contributed by atoms with E-state index in [2.05, 4.69) is 146 Å². The largest absolute Gasteiger partial charge is 0.252 e. The zero-order valence-corrected chi connectivity index (χ0v) is 30.3. The van der Waals surface area contributed by atoms with Gasteiger partial charge >= 0.3 is 0 Å². The van der Waals surface area contributed by atoms with Crippen molar-refractivity contribution in [2.24, 2.45) is 0 Å². The first-order chi connectivity index (χ1) is 27.7. The van der Waals surface area contributed by atoms with Crippen LogP contribution in [0.15, 0.2) is 194 Å². The van der Waals surface area contributed by atoms with Gasteiger partial charge in [0, 0.05) is 22.7 Å². The molecular weight excluding hydrogens is 681 g/mol. The summed E-state index contributed by atoms with van der Waals surface area (Å²) in [7, 11) is 0. The third-order valence-electron chi connectivity index (χ3n) is 10.8. The predicted octanol–water partition coefficient (Wildman–Crippen LogP) is 13.4. The Hall–Kier alpha value is -7.56. The van der Waals surface area contributed by atoms with E-state index >= 15 is 0 Å². The average molecular weight is 713 g/mol. The lowest BCUT2D eigenvalue weighted by atomic mass is 9.90. The summed E-state index contributed by atoms with van der Waals surface area (Å²) in [6.07, 6.45) is 1.89. The van der Waals surface area contributed by atoms with Crippen LogP contribution in [-0.4, -0.2) is 19.9 Å². The number of nitrogens with zero attached hydrogens (tertiary/aromatic N) is 4. The number of rotatable bonds is 5. The van der Waals surface area contributed by atoms with Crippen LogP contribution in [0, 0.1) is 0 Å². The Morgan fingerprint density at radius 2 is 0.696 bits per heavy atom. The molecule has 0 aliphatic heterocycles. The van der Waals surface area contributed by atoms with E-state index in [1.807, 2.05) is 48.7 Å². The molecule has 56 heavy (non-hydrogen) atoms. The number of pyridine rings is 1. The second-order valence-corrected chi connectivity index (χ2v) is 14.3. The predicted molar refractivity (Wildman–Crippen MR) is 232 cm³/mol. The third kappa shape index (κ3) is 5.64. The van der Waals surface area contributed by atoms with Crippen LogP contribution in [0.3, 0.4) is 0 Å². The van der Waals surface area contributed by atoms with Gasteiger partial charge in [0.25, 0.3) is 0 Å². The Labute approximate surface area is 323 Å². The van der Waals surface area contributed by atoms with Crippen LogP contribution in [0.1, 0.15) is 0 Å². The van der Waals surface area contributed by atoms with Crippen molar-refractivity contribution in [2.75, 3.05) is 0 Å². The molecule has 11 rings (SSSR count).